The van der Waals surface area contributed by atoms with Crippen LogP contribution in [0, 0.1) is 10.8 Å². The van der Waals surface area contributed by atoms with E-state index in [1.165, 1.54) is 0 Å². The van der Waals surface area contributed by atoms with Gasteiger partial charge in [-0.05, 0) is 18.3 Å². The predicted molar refractivity (Wildman–Crippen MR) is 60.9 cm³/mol. The van der Waals surface area contributed by atoms with E-state index in [4.69, 9.17) is 23.2 Å². The van der Waals surface area contributed by atoms with Crippen molar-refractivity contribution in [2.75, 3.05) is 0 Å². The largest absolute Gasteiger partial charge is 0.299 e. The number of halogens is 2. The van der Waals surface area contributed by atoms with Gasteiger partial charge < -0.3 is 0 Å². The van der Waals surface area contributed by atoms with Gasteiger partial charge >= 0.3 is 0 Å². The Morgan fingerprint density at radius 1 is 1.21 bits per heavy atom. The third-order valence-corrected chi connectivity index (χ3v) is 4.27. The van der Waals surface area contributed by atoms with Crippen LogP contribution in [0.5, 0.6) is 0 Å². The lowest BCUT2D eigenvalue weighted by atomic mass is 9.80. The lowest BCUT2D eigenvalue weighted by Gasteiger charge is -2.28. The highest BCUT2D eigenvalue weighted by Gasteiger charge is 2.43. The minimum absolute atomic E-state index is 0.109. The summed E-state index contributed by atoms with van der Waals surface area (Å²) in [6, 6.07) is 0. The maximum atomic E-state index is 12.0. The molecule has 0 aromatic carbocycles. The number of carbonyl (C=O) groups is 1. The number of ketones is 1. The van der Waals surface area contributed by atoms with Gasteiger partial charge in [-0.2, -0.15) is 0 Å². The molecule has 3 heteroatoms. The zero-order valence-electron chi connectivity index (χ0n) is 9.07. The molecule has 1 aliphatic carbocycles. The number of alkyl halides is 2. The lowest BCUT2D eigenvalue weighted by molar-refractivity contribution is -0.128. The molecule has 1 atom stereocenters. The van der Waals surface area contributed by atoms with E-state index in [1.54, 1.807) is 0 Å². The molecule has 0 N–H and O–H groups in total. The van der Waals surface area contributed by atoms with Crippen molar-refractivity contribution in [2.45, 2.75) is 51.3 Å². The van der Waals surface area contributed by atoms with Gasteiger partial charge in [-0.15, -0.1) is 23.2 Å². The van der Waals surface area contributed by atoms with Gasteiger partial charge in [0, 0.05) is 6.42 Å². The van der Waals surface area contributed by atoms with Crippen molar-refractivity contribution < 1.29 is 4.79 Å². The Balaban J connectivity index is 2.87. The van der Waals surface area contributed by atoms with Crippen LogP contribution in [-0.4, -0.2) is 10.6 Å². The summed E-state index contributed by atoms with van der Waals surface area (Å²) in [5.74, 6) is 0.218. The number of hydrogen-bond donors (Lipinski definition) is 0. The van der Waals surface area contributed by atoms with Crippen LogP contribution in [0.4, 0.5) is 0 Å². The van der Waals surface area contributed by atoms with Crippen molar-refractivity contribution in [2.24, 2.45) is 10.8 Å². The minimum atomic E-state index is -0.580. The fourth-order valence-electron chi connectivity index (χ4n) is 2.03. The molecule has 1 aliphatic rings. The zero-order valence-corrected chi connectivity index (χ0v) is 10.6. The van der Waals surface area contributed by atoms with Crippen molar-refractivity contribution in [3.05, 3.63) is 0 Å². The topological polar surface area (TPSA) is 17.1 Å². The average Bonchev–Trinajstić information content (AvgIpc) is 2.10. The molecule has 1 rings (SSSR count). The van der Waals surface area contributed by atoms with Gasteiger partial charge in [-0.3, -0.25) is 4.79 Å². The molecule has 1 saturated carbocycles. The summed E-state index contributed by atoms with van der Waals surface area (Å²) >= 11 is 11.8. The molecule has 0 heterocycles. The van der Waals surface area contributed by atoms with Crippen molar-refractivity contribution in [1.29, 1.82) is 0 Å². The Bertz CT molecular complexity index is 235. The molecular weight excluding hydrogens is 219 g/mol. The van der Waals surface area contributed by atoms with Gasteiger partial charge in [-0.1, -0.05) is 27.2 Å². The van der Waals surface area contributed by atoms with E-state index >= 15 is 0 Å². The standard InChI is InChI=1S/C11H18Cl2O/c1-10(2)5-4-6-11(3,9(12)13)8(14)7-10/h9H,4-7H2,1-3H3. The second-order valence-corrected chi connectivity index (χ2v) is 6.43. The number of hydrogen-bond acceptors (Lipinski definition) is 1. The third kappa shape index (κ3) is 2.43. The molecule has 0 aliphatic heterocycles. The highest BCUT2D eigenvalue weighted by atomic mass is 35.5. The first-order chi connectivity index (χ1) is 6.28. The van der Waals surface area contributed by atoms with Gasteiger partial charge in [-0.25, -0.2) is 0 Å². The Kier molecular flexibility index (Phi) is 3.53. The highest BCUT2D eigenvalue weighted by Crippen LogP contribution is 2.44. The summed E-state index contributed by atoms with van der Waals surface area (Å²) in [6.45, 7) is 6.16. The Morgan fingerprint density at radius 3 is 2.29 bits per heavy atom. The van der Waals surface area contributed by atoms with Crippen LogP contribution < -0.4 is 0 Å². The van der Waals surface area contributed by atoms with Crippen LogP contribution >= 0.6 is 23.2 Å². The monoisotopic (exact) mass is 236 g/mol. The lowest BCUT2D eigenvalue weighted by Crippen LogP contribution is -2.34. The Hall–Kier alpha value is 0.250. The summed E-state index contributed by atoms with van der Waals surface area (Å²) in [5.41, 5.74) is -0.422. The summed E-state index contributed by atoms with van der Waals surface area (Å²) < 4.78 is 0. The number of Topliss-reactive ketones (excluding diaryl/α,β-unsaturated/α-hetero) is 1. The van der Waals surface area contributed by atoms with Crippen molar-refractivity contribution in [1.82, 2.24) is 0 Å². The van der Waals surface area contributed by atoms with Crippen molar-refractivity contribution in [3.8, 4) is 0 Å². The second-order valence-electron chi connectivity index (χ2n) is 5.34. The second kappa shape index (κ2) is 4.02. The van der Waals surface area contributed by atoms with E-state index in [1.807, 2.05) is 6.92 Å². The molecule has 82 valence electrons. The summed E-state index contributed by atoms with van der Waals surface area (Å²) in [7, 11) is 0. The Morgan fingerprint density at radius 2 is 1.79 bits per heavy atom. The van der Waals surface area contributed by atoms with Gasteiger partial charge in [0.05, 0.1) is 5.41 Å². The van der Waals surface area contributed by atoms with E-state index in [9.17, 15) is 4.79 Å². The molecule has 0 radical (unpaired) electrons. The molecule has 14 heavy (non-hydrogen) atoms. The molecule has 0 aromatic rings. The van der Waals surface area contributed by atoms with Crippen LogP contribution in [0.2, 0.25) is 0 Å². The maximum absolute atomic E-state index is 12.0. The third-order valence-electron chi connectivity index (χ3n) is 3.31. The van der Waals surface area contributed by atoms with Crippen molar-refractivity contribution >= 4 is 29.0 Å². The molecule has 1 nitrogen and oxygen atoms in total. The fourth-order valence-corrected chi connectivity index (χ4v) is 2.49. The number of carbonyl (C=O) groups excluding carboxylic acids is 1. The zero-order chi connectivity index (χ0) is 11.0. The SMILES string of the molecule is CC1(C)CCCC(C)(C(Cl)Cl)C(=O)C1. The molecule has 0 amide bonds. The fraction of sp³-hybridized carbons (Fsp3) is 0.909. The van der Waals surface area contributed by atoms with Gasteiger partial charge in [0.25, 0.3) is 0 Å². The van der Waals surface area contributed by atoms with Gasteiger partial charge in [0.15, 0.2) is 0 Å². The highest BCUT2D eigenvalue weighted by molar-refractivity contribution is 6.46. The molecular formula is C11H18Cl2O. The molecule has 0 bridgehead atoms. The van der Waals surface area contributed by atoms with Crippen molar-refractivity contribution in [3.63, 3.8) is 0 Å². The van der Waals surface area contributed by atoms with Gasteiger partial charge in [0.1, 0.15) is 10.6 Å². The first kappa shape index (κ1) is 12.3. The number of rotatable bonds is 1. The van der Waals surface area contributed by atoms with Crippen LogP contribution in [0.25, 0.3) is 0 Å². The average molecular weight is 237 g/mol. The predicted octanol–water partition coefficient (Wildman–Crippen LogP) is 3.97. The van der Waals surface area contributed by atoms with E-state index in [2.05, 4.69) is 13.8 Å². The minimum Gasteiger partial charge on any atom is -0.299 e. The van der Waals surface area contributed by atoms with Crippen LogP contribution in [0.15, 0.2) is 0 Å². The molecule has 1 fully saturated rings. The normalized spacial score (nSPS) is 33.1. The first-order valence-corrected chi connectivity index (χ1v) is 5.97. The van der Waals surface area contributed by atoms with E-state index in [-0.39, 0.29) is 11.2 Å². The van der Waals surface area contributed by atoms with E-state index < -0.39 is 10.3 Å². The molecule has 0 aromatic heterocycles. The van der Waals surface area contributed by atoms with E-state index in [0.717, 1.165) is 19.3 Å². The smallest absolute Gasteiger partial charge is 0.142 e. The summed E-state index contributed by atoms with van der Waals surface area (Å²) in [6.07, 6.45) is 3.52. The quantitative estimate of drug-likeness (QED) is 0.498. The van der Waals surface area contributed by atoms with E-state index in [0.29, 0.717) is 6.42 Å². The van der Waals surface area contributed by atoms with Gasteiger partial charge in [0.2, 0.25) is 0 Å². The summed E-state index contributed by atoms with van der Waals surface area (Å²) in [5, 5.41) is 0. The molecule has 0 saturated heterocycles. The first-order valence-electron chi connectivity index (χ1n) is 5.09. The summed E-state index contributed by atoms with van der Waals surface area (Å²) in [4.78, 5) is 11.4. The van der Waals surface area contributed by atoms with Crippen LogP contribution in [0.1, 0.15) is 46.5 Å². The molecule has 1 unspecified atom stereocenters. The Labute approximate surface area is 96.2 Å². The maximum Gasteiger partial charge on any atom is 0.142 e. The van der Waals surface area contributed by atoms with Crippen LogP contribution in [-0.2, 0) is 4.79 Å². The van der Waals surface area contributed by atoms with Crippen LogP contribution in [0.3, 0.4) is 0 Å². The molecule has 0 spiro atoms.